The van der Waals surface area contributed by atoms with Gasteiger partial charge >= 0.3 is 0 Å². The van der Waals surface area contributed by atoms with E-state index in [1.807, 2.05) is 84.9 Å². The number of rotatable bonds is 7. The molecule has 0 aliphatic rings. The van der Waals surface area contributed by atoms with Crippen LogP contribution in [-0.2, 0) is 4.79 Å². The Labute approximate surface area is 163 Å². The molecule has 0 aliphatic heterocycles. The number of hydrogen-bond donors (Lipinski definition) is 1. The molecule has 3 aromatic carbocycles. The third kappa shape index (κ3) is 5.38. The van der Waals surface area contributed by atoms with Crippen molar-refractivity contribution in [2.75, 3.05) is 5.75 Å². The minimum absolute atomic E-state index is 0.0455. The van der Waals surface area contributed by atoms with Gasteiger partial charge in [-0.15, -0.1) is 11.8 Å². The number of nitrogens with one attached hydrogen (secondary N) is 1. The molecule has 1 amide bonds. The van der Waals surface area contributed by atoms with Gasteiger partial charge in [-0.05, 0) is 35.4 Å². The minimum atomic E-state index is -0.134. The molecule has 132 valence electrons. The third-order valence-corrected chi connectivity index (χ3v) is 5.25. The van der Waals surface area contributed by atoms with Crippen LogP contribution in [0.3, 0.4) is 0 Å². The highest BCUT2D eigenvalue weighted by Gasteiger charge is 2.16. The fourth-order valence-corrected chi connectivity index (χ4v) is 3.65. The van der Waals surface area contributed by atoms with E-state index in [0.717, 1.165) is 26.8 Å². The van der Waals surface area contributed by atoms with Crippen molar-refractivity contribution in [2.24, 2.45) is 0 Å². The Morgan fingerprint density at radius 1 is 0.846 bits per heavy atom. The average molecular weight is 382 g/mol. The first-order chi connectivity index (χ1) is 12.7. The lowest BCUT2D eigenvalue weighted by Crippen LogP contribution is -2.29. The molecule has 0 atom stereocenters. The van der Waals surface area contributed by atoms with E-state index in [1.165, 1.54) is 0 Å². The van der Waals surface area contributed by atoms with Gasteiger partial charge in [-0.3, -0.25) is 4.79 Å². The van der Waals surface area contributed by atoms with Crippen LogP contribution >= 0.6 is 23.4 Å². The molecule has 0 heterocycles. The van der Waals surface area contributed by atoms with Crippen molar-refractivity contribution >= 4 is 29.3 Å². The Kier molecular flexibility index (Phi) is 6.75. The lowest BCUT2D eigenvalue weighted by Gasteiger charge is -2.20. The second kappa shape index (κ2) is 9.46. The van der Waals surface area contributed by atoms with Crippen LogP contribution in [0.2, 0.25) is 5.02 Å². The van der Waals surface area contributed by atoms with E-state index >= 15 is 0 Å². The van der Waals surface area contributed by atoms with Gasteiger partial charge in [0.15, 0.2) is 0 Å². The van der Waals surface area contributed by atoms with Gasteiger partial charge in [-0.1, -0.05) is 72.3 Å². The molecule has 0 saturated heterocycles. The highest BCUT2D eigenvalue weighted by Crippen LogP contribution is 2.23. The van der Waals surface area contributed by atoms with Gasteiger partial charge in [-0.2, -0.15) is 0 Å². The van der Waals surface area contributed by atoms with Crippen LogP contribution in [0.15, 0.2) is 89.8 Å². The van der Waals surface area contributed by atoms with Crippen molar-refractivity contribution < 1.29 is 4.79 Å². The van der Waals surface area contributed by atoms with E-state index in [9.17, 15) is 4.79 Å². The quantitative estimate of drug-likeness (QED) is 0.529. The predicted molar refractivity (Wildman–Crippen MR) is 110 cm³/mol. The first-order valence-corrected chi connectivity index (χ1v) is 9.86. The molecule has 26 heavy (non-hydrogen) atoms. The number of halogens is 1. The number of thioether (sulfide) groups is 1. The zero-order valence-corrected chi connectivity index (χ0v) is 15.8. The minimum Gasteiger partial charge on any atom is -0.345 e. The standard InChI is InChI=1S/C22H20ClNOS/c23-19-11-13-20(14-12-19)26-16-15-21(25)24-22(17-7-3-1-4-8-17)18-9-5-2-6-10-18/h1-14,22H,15-16H2,(H,24,25). The SMILES string of the molecule is O=C(CCSc1ccc(Cl)cc1)NC(c1ccccc1)c1ccccc1. The highest BCUT2D eigenvalue weighted by molar-refractivity contribution is 7.99. The molecule has 1 N–H and O–H groups in total. The van der Waals surface area contributed by atoms with Crippen molar-refractivity contribution in [3.63, 3.8) is 0 Å². The van der Waals surface area contributed by atoms with Gasteiger partial charge in [0.2, 0.25) is 5.91 Å². The van der Waals surface area contributed by atoms with Crippen LogP contribution in [0.4, 0.5) is 0 Å². The summed E-state index contributed by atoms with van der Waals surface area (Å²) in [7, 11) is 0. The van der Waals surface area contributed by atoms with E-state index in [-0.39, 0.29) is 11.9 Å². The maximum atomic E-state index is 12.5. The van der Waals surface area contributed by atoms with Crippen LogP contribution < -0.4 is 5.32 Å². The molecular formula is C22H20ClNOS. The summed E-state index contributed by atoms with van der Waals surface area (Å²) in [5.41, 5.74) is 2.16. The molecule has 4 heteroatoms. The van der Waals surface area contributed by atoms with Crippen LogP contribution in [0.5, 0.6) is 0 Å². The fraction of sp³-hybridized carbons (Fsp3) is 0.136. The number of carbonyl (C=O) groups excluding carboxylic acids is 1. The summed E-state index contributed by atoms with van der Waals surface area (Å²) >= 11 is 7.55. The van der Waals surface area contributed by atoms with Crippen LogP contribution in [0, 0.1) is 0 Å². The van der Waals surface area contributed by atoms with Gasteiger partial charge in [0.05, 0.1) is 6.04 Å². The summed E-state index contributed by atoms with van der Waals surface area (Å²) < 4.78 is 0. The molecule has 0 spiro atoms. The molecule has 3 aromatic rings. The van der Waals surface area contributed by atoms with Gasteiger partial charge in [0, 0.05) is 22.1 Å². The first-order valence-electron chi connectivity index (χ1n) is 8.50. The van der Waals surface area contributed by atoms with Crippen molar-refractivity contribution in [2.45, 2.75) is 17.4 Å². The molecule has 0 saturated carbocycles. The normalized spacial score (nSPS) is 10.7. The molecule has 0 aromatic heterocycles. The summed E-state index contributed by atoms with van der Waals surface area (Å²) in [4.78, 5) is 13.6. The molecule has 3 rings (SSSR count). The van der Waals surface area contributed by atoms with Crippen LogP contribution in [-0.4, -0.2) is 11.7 Å². The molecule has 0 fully saturated rings. The highest BCUT2D eigenvalue weighted by atomic mass is 35.5. The Bertz CT molecular complexity index is 782. The van der Waals surface area contributed by atoms with E-state index in [1.54, 1.807) is 11.8 Å². The number of benzene rings is 3. The lowest BCUT2D eigenvalue weighted by atomic mass is 9.98. The van der Waals surface area contributed by atoms with Gasteiger partial charge < -0.3 is 5.32 Å². The number of amides is 1. The number of hydrogen-bond acceptors (Lipinski definition) is 2. The molecule has 0 radical (unpaired) electrons. The first kappa shape index (κ1) is 18.6. The van der Waals surface area contributed by atoms with Crippen molar-refractivity contribution in [1.82, 2.24) is 5.32 Å². The summed E-state index contributed by atoms with van der Waals surface area (Å²) in [6.07, 6.45) is 0.462. The van der Waals surface area contributed by atoms with Gasteiger partial charge in [0.25, 0.3) is 0 Å². The summed E-state index contributed by atoms with van der Waals surface area (Å²) in [6, 6.07) is 27.7. The fourth-order valence-electron chi connectivity index (χ4n) is 2.68. The van der Waals surface area contributed by atoms with Crippen LogP contribution in [0.1, 0.15) is 23.6 Å². The van der Waals surface area contributed by atoms with Crippen LogP contribution in [0.25, 0.3) is 0 Å². The number of carbonyl (C=O) groups is 1. The Hall–Kier alpha value is -2.23. The zero-order chi connectivity index (χ0) is 18.2. The third-order valence-electron chi connectivity index (χ3n) is 3.98. The topological polar surface area (TPSA) is 29.1 Å². The summed E-state index contributed by atoms with van der Waals surface area (Å²) in [5, 5.41) is 3.89. The van der Waals surface area contributed by atoms with Crippen molar-refractivity contribution in [3.8, 4) is 0 Å². The average Bonchev–Trinajstić information content (AvgIpc) is 2.69. The van der Waals surface area contributed by atoms with E-state index in [4.69, 9.17) is 11.6 Å². The second-order valence-corrected chi connectivity index (χ2v) is 7.48. The van der Waals surface area contributed by atoms with Crippen molar-refractivity contribution in [3.05, 3.63) is 101 Å². The summed E-state index contributed by atoms with van der Waals surface area (Å²) in [6.45, 7) is 0. The Morgan fingerprint density at radius 2 is 1.38 bits per heavy atom. The molecule has 2 nitrogen and oxygen atoms in total. The smallest absolute Gasteiger partial charge is 0.221 e. The van der Waals surface area contributed by atoms with E-state index < -0.39 is 0 Å². The molecular weight excluding hydrogens is 362 g/mol. The Balaban J connectivity index is 1.61. The van der Waals surface area contributed by atoms with E-state index in [2.05, 4.69) is 5.32 Å². The van der Waals surface area contributed by atoms with Gasteiger partial charge in [-0.25, -0.2) is 0 Å². The molecule has 0 bridgehead atoms. The Morgan fingerprint density at radius 3 is 1.92 bits per heavy atom. The largest absolute Gasteiger partial charge is 0.345 e. The maximum Gasteiger partial charge on any atom is 0.221 e. The predicted octanol–water partition coefficient (Wildman–Crippen LogP) is 5.73. The van der Waals surface area contributed by atoms with Crippen molar-refractivity contribution in [1.29, 1.82) is 0 Å². The maximum absolute atomic E-state index is 12.5. The molecule has 0 unspecified atom stereocenters. The van der Waals surface area contributed by atoms with Gasteiger partial charge in [0.1, 0.15) is 0 Å². The second-order valence-electron chi connectivity index (χ2n) is 5.87. The van der Waals surface area contributed by atoms with E-state index in [0.29, 0.717) is 6.42 Å². The monoisotopic (exact) mass is 381 g/mol. The summed E-state index contributed by atoms with van der Waals surface area (Å²) in [5.74, 6) is 0.771. The molecule has 0 aliphatic carbocycles. The zero-order valence-electron chi connectivity index (χ0n) is 14.3. The lowest BCUT2D eigenvalue weighted by molar-refractivity contribution is -0.121.